The lowest BCUT2D eigenvalue weighted by Crippen LogP contribution is -2.65. The Bertz CT molecular complexity index is 1010. The Morgan fingerprint density at radius 3 is 2.16 bits per heavy atom. The lowest BCUT2D eigenvalue weighted by molar-refractivity contribution is -0.188. The van der Waals surface area contributed by atoms with Gasteiger partial charge in [-0.2, -0.15) is 0 Å². The van der Waals surface area contributed by atoms with E-state index in [0.717, 1.165) is 5.57 Å². The van der Waals surface area contributed by atoms with Gasteiger partial charge in [0.2, 0.25) is 0 Å². The monoisotopic (exact) mass is 520 g/mol. The number of hydrogen-bond donors (Lipinski definition) is 5. The van der Waals surface area contributed by atoms with E-state index < -0.39 is 62.9 Å². The molecule has 37 heavy (non-hydrogen) atoms. The molecular weight excluding hydrogens is 472 g/mol. The van der Waals surface area contributed by atoms with Crippen LogP contribution in [0.25, 0.3) is 0 Å². The average Bonchev–Trinajstić information content (AvgIpc) is 2.96. The maximum atomic E-state index is 14.2. The largest absolute Gasteiger partial charge is 0.393 e. The number of allylic oxidation sites excluding steroid dienone is 1. The predicted molar refractivity (Wildman–Crippen MR) is 139 cm³/mol. The van der Waals surface area contributed by atoms with Crippen LogP contribution in [0.4, 0.5) is 0 Å². The summed E-state index contributed by atoms with van der Waals surface area (Å²) in [5, 5.41) is 54.8. The third kappa shape index (κ3) is 3.86. The molecule has 1 unspecified atom stereocenters. The Balaban J connectivity index is 1.76. The first-order chi connectivity index (χ1) is 16.7. The van der Waals surface area contributed by atoms with E-state index in [9.17, 15) is 35.1 Å². The summed E-state index contributed by atoms with van der Waals surface area (Å²) in [4.78, 5) is 27.5. The highest BCUT2D eigenvalue weighted by molar-refractivity contribution is 5.90. The van der Waals surface area contributed by atoms with E-state index in [4.69, 9.17) is 0 Å². The summed E-state index contributed by atoms with van der Waals surface area (Å²) in [6.45, 7) is 14.6. The third-order valence-corrected chi connectivity index (χ3v) is 11.8. The van der Waals surface area contributed by atoms with Gasteiger partial charge in [-0.1, -0.05) is 46.3 Å². The van der Waals surface area contributed by atoms with Crippen LogP contribution in [-0.4, -0.2) is 66.6 Å². The zero-order valence-electron chi connectivity index (χ0n) is 23.8. The molecule has 3 fully saturated rings. The van der Waals surface area contributed by atoms with Crippen LogP contribution >= 0.6 is 0 Å². The Morgan fingerprint density at radius 2 is 1.59 bits per heavy atom. The zero-order chi connectivity index (χ0) is 28.1. The van der Waals surface area contributed by atoms with Crippen LogP contribution in [0.3, 0.4) is 0 Å². The molecular formula is C30H48O7. The molecule has 7 nitrogen and oxygen atoms in total. The van der Waals surface area contributed by atoms with E-state index in [2.05, 4.69) is 13.0 Å². The molecule has 10 atom stereocenters. The minimum atomic E-state index is -1.85. The van der Waals surface area contributed by atoms with Gasteiger partial charge in [0.1, 0.15) is 11.4 Å². The average molecular weight is 521 g/mol. The lowest BCUT2D eigenvalue weighted by atomic mass is 9.38. The number of Topliss-reactive ketones (excluding diaryl/α,β-unsaturated/α-hetero) is 2. The molecule has 4 aliphatic rings. The molecule has 0 aliphatic heterocycles. The number of carbonyl (C=O) groups excluding carboxylic acids is 2. The van der Waals surface area contributed by atoms with Gasteiger partial charge in [-0.3, -0.25) is 9.59 Å². The number of hydrogen-bond acceptors (Lipinski definition) is 7. The summed E-state index contributed by atoms with van der Waals surface area (Å²) in [6, 6.07) is 0. The van der Waals surface area contributed by atoms with E-state index >= 15 is 0 Å². The minimum absolute atomic E-state index is 0.0227. The van der Waals surface area contributed by atoms with Crippen molar-refractivity contribution in [1.82, 2.24) is 0 Å². The maximum absolute atomic E-state index is 14.2. The van der Waals surface area contributed by atoms with Gasteiger partial charge in [0.05, 0.1) is 23.9 Å². The molecule has 0 spiro atoms. The second-order valence-electron chi connectivity index (χ2n) is 14.8. The standard InChI is InChI=1S/C30H48O7/c1-25(2,36)12-11-21(33)30(8,37)23-19(32)14-27(5)20-10-9-16-17(13-18(31)24(35)26(16,3)4)29(20,7)22(34)15-28(23,27)6/h9,17-20,23-24,31-32,35-37H,10-15H2,1-8H3/t17-,18+,19-,20?,23+,24+,27+,28-,29-,30+/m0/s1. The Morgan fingerprint density at radius 1 is 1.00 bits per heavy atom. The Labute approximate surface area is 221 Å². The van der Waals surface area contributed by atoms with Crippen LogP contribution in [-0.2, 0) is 9.59 Å². The van der Waals surface area contributed by atoms with Crippen molar-refractivity contribution < 1.29 is 35.1 Å². The van der Waals surface area contributed by atoms with E-state index in [-0.39, 0.29) is 36.9 Å². The van der Waals surface area contributed by atoms with E-state index in [0.29, 0.717) is 19.3 Å². The Kier molecular flexibility index (Phi) is 6.59. The smallest absolute Gasteiger partial charge is 0.164 e. The number of ketones is 2. The minimum Gasteiger partial charge on any atom is -0.393 e. The number of carbonyl (C=O) groups is 2. The van der Waals surface area contributed by atoms with Gasteiger partial charge in [-0.05, 0) is 69.1 Å². The van der Waals surface area contributed by atoms with Crippen molar-refractivity contribution in [3.05, 3.63) is 11.6 Å². The molecule has 0 aromatic rings. The number of fused-ring (bicyclic) bond motifs is 5. The summed E-state index contributed by atoms with van der Waals surface area (Å²) < 4.78 is 0. The van der Waals surface area contributed by atoms with E-state index in [1.165, 1.54) is 6.92 Å². The maximum Gasteiger partial charge on any atom is 0.164 e. The third-order valence-electron chi connectivity index (χ3n) is 11.8. The van der Waals surface area contributed by atoms with Crippen LogP contribution in [0.15, 0.2) is 11.6 Å². The quantitative estimate of drug-likeness (QED) is 0.352. The molecule has 210 valence electrons. The summed E-state index contributed by atoms with van der Waals surface area (Å²) in [6.07, 6.45) is 0.895. The van der Waals surface area contributed by atoms with Gasteiger partial charge in [0.25, 0.3) is 0 Å². The number of aliphatic hydroxyl groups is 5. The van der Waals surface area contributed by atoms with E-state index in [1.54, 1.807) is 13.8 Å². The molecule has 7 heteroatoms. The van der Waals surface area contributed by atoms with Crippen molar-refractivity contribution in [3.8, 4) is 0 Å². The molecule has 4 rings (SSSR count). The normalized spacial score (nSPS) is 46.8. The second kappa shape index (κ2) is 8.44. The molecule has 0 aromatic carbocycles. The fourth-order valence-electron chi connectivity index (χ4n) is 9.40. The highest BCUT2D eigenvalue weighted by Crippen LogP contribution is 2.74. The van der Waals surface area contributed by atoms with Crippen LogP contribution in [0, 0.1) is 39.4 Å². The van der Waals surface area contributed by atoms with Crippen LogP contribution in [0.2, 0.25) is 0 Å². The van der Waals surface area contributed by atoms with Crippen molar-refractivity contribution in [2.24, 2.45) is 39.4 Å². The molecule has 5 N–H and O–H groups in total. The molecule has 0 heterocycles. The van der Waals surface area contributed by atoms with Crippen molar-refractivity contribution in [2.75, 3.05) is 0 Å². The predicted octanol–water partition coefficient (Wildman–Crippen LogP) is 2.94. The van der Waals surface area contributed by atoms with Crippen molar-refractivity contribution in [2.45, 2.75) is 123 Å². The first-order valence-corrected chi connectivity index (χ1v) is 13.9. The lowest BCUT2D eigenvalue weighted by Gasteiger charge is -2.65. The van der Waals surface area contributed by atoms with Crippen LogP contribution in [0.1, 0.15) is 93.9 Å². The van der Waals surface area contributed by atoms with Gasteiger partial charge in [-0.15, -0.1) is 0 Å². The first kappa shape index (κ1) is 28.9. The van der Waals surface area contributed by atoms with Crippen molar-refractivity contribution in [1.29, 1.82) is 0 Å². The first-order valence-electron chi connectivity index (χ1n) is 13.9. The van der Waals surface area contributed by atoms with E-state index in [1.807, 2.05) is 27.7 Å². The molecule has 4 aliphatic carbocycles. The molecule has 0 bridgehead atoms. The molecule has 0 radical (unpaired) electrons. The van der Waals surface area contributed by atoms with Crippen molar-refractivity contribution >= 4 is 11.6 Å². The van der Waals surface area contributed by atoms with Gasteiger partial charge < -0.3 is 25.5 Å². The summed E-state index contributed by atoms with van der Waals surface area (Å²) in [5.41, 5.74) is -4.71. The topological polar surface area (TPSA) is 135 Å². The van der Waals surface area contributed by atoms with Gasteiger partial charge in [0.15, 0.2) is 5.78 Å². The summed E-state index contributed by atoms with van der Waals surface area (Å²) >= 11 is 0. The van der Waals surface area contributed by atoms with Crippen LogP contribution < -0.4 is 0 Å². The Hall–Kier alpha value is -1.12. The fourth-order valence-corrected chi connectivity index (χ4v) is 9.40. The molecule has 0 amide bonds. The number of rotatable bonds is 5. The van der Waals surface area contributed by atoms with Crippen molar-refractivity contribution in [3.63, 3.8) is 0 Å². The van der Waals surface area contributed by atoms with Gasteiger partial charge in [0, 0.05) is 29.6 Å². The molecule has 0 saturated heterocycles. The summed E-state index contributed by atoms with van der Waals surface area (Å²) in [5.74, 6) is -1.60. The highest BCUT2D eigenvalue weighted by atomic mass is 16.3. The highest BCUT2D eigenvalue weighted by Gasteiger charge is 2.74. The van der Waals surface area contributed by atoms with Gasteiger partial charge in [-0.25, -0.2) is 0 Å². The second-order valence-corrected chi connectivity index (χ2v) is 14.8. The number of aliphatic hydroxyl groups excluding tert-OH is 3. The fraction of sp³-hybridized carbons (Fsp3) is 0.867. The molecule has 0 aromatic heterocycles. The van der Waals surface area contributed by atoms with Crippen LogP contribution in [0.5, 0.6) is 0 Å². The molecule has 3 saturated carbocycles. The summed E-state index contributed by atoms with van der Waals surface area (Å²) in [7, 11) is 0. The van der Waals surface area contributed by atoms with Gasteiger partial charge >= 0.3 is 0 Å². The SMILES string of the molecule is CC(C)(O)CCC(=O)[C@@](C)(O)[C@@H]1[C@@H](O)C[C@]2(C)C3CC=C4[C@H](C[C@@H](O)[C@@H](O)C4(C)C)[C@]3(C)C(=O)C[C@@]12C. The zero-order valence-corrected chi connectivity index (χ0v) is 23.8.